The first-order valence-corrected chi connectivity index (χ1v) is 7.72. The van der Waals surface area contributed by atoms with Gasteiger partial charge in [-0.1, -0.05) is 34.1 Å². The summed E-state index contributed by atoms with van der Waals surface area (Å²) in [7, 11) is 0. The van der Waals surface area contributed by atoms with Crippen LogP contribution in [-0.4, -0.2) is 41.4 Å². The lowest BCUT2D eigenvalue weighted by molar-refractivity contribution is -0.0560. The Labute approximate surface area is 123 Å². The molecule has 0 spiro atoms. The first-order chi connectivity index (χ1) is 9.02. The summed E-state index contributed by atoms with van der Waals surface area (Å²) in [6, 6.07) is 5.98. The third kappa shape index (κ3) is 3.18. The van der Waals surface area contributed by atoms with Gasteiger partial charge < -0.3 is 9.64 Å². The monoisotopic (exact) mass is 325 g/mol. The lowest BCUT2D eigenvalue weighted by Crippen LogP contribution is -2.50. The van der Waals surface area contributed by atoms with Gasteiger partial charge in [-0.3, -0.25) is 4.79 Å². The molecule has 0 saturated carbocycles. The molecular weight excluding hydrogens is 306 g/mol. The van der Waals surface area contributed by atoms with E-state index in [0.717, 1.165) is 22.0 Å². The summed E-state index contributed by atoms with van der Waals surface area (Å²) in [5.74, 6) is 0.122. The average Bonchev–Trinajstić information content (AvgIpc) is 2.37. The van der Waals surface area contributed by atoms with Gasteiger partial charge in [-0.2, -0.15) is 0 Å². The third-order valence-corrected chi connectivity index (χ3v) is 4.20. The van der Waals surface area contributed by atoms with Crippen LogP contribution in [0.4, 0.5) is 0 Å². The van der Waals surface area contributed by atoms with E-state index in [1.54, 1.807) is 0 Å². The van der Waals surface area contributed by atoms with Gasteiger partial charge in [-0.05, 0) is 31.9 Å². The molecule has 0 aromatic heterocycles. The Bertz CT molecular complexity index is 455. The summed E-state index contributed by atoms with van der Waals surface area (Å²) in [5.41, 5.74) is 2.92. The van der Waals surface area contributed by atoms with E-state index in [1.165, 1.54) is 0 Å². The number of halogens is 1. The van der Waals surface area contributed by atoms with Gasteiger partial charge in [0.05, 0.1) is 12.2 Å². The summed E-state index contributed by atoms with van der Waals surface area (Å²) < 4.78 is 5.77. The normalized spacial score (nSPS) is 23.5. The zero-order chi connectivity index (χ0) is 14.0. The van der Waals surface area contributed by atoms with Crippen molar-refractivity contribution in [2.24, 2.45) is 0 Å². The first kappa shape index (κ1) is 14.5. The molecule has 2 unspecified atom stereocenters. The van der Waals surface area contributed by atoms with E-state index in [9.17, 15) is 4.79 Å². The smallest absolute Gasteiger partial charge is 0.254 e. The number of ether oxygens (including phenoxy) is 1. The van der Waals surface area contributed by atoms with Crippen molar-refractivity contribution in [1.82, 2.24) is 4.90 Å². The molecule has 1 aliphatic rings. The Balaban J connectivity index is 2.24. The fraction of sp³-hybridized carbons (Fsp3) is 0.533. The van der Waals surface area contributed by atoms with Gasteiger partial charge in [-0.25, -0.2) is 0 Å². The second-order valence-electron chi connectivity index (χ2n) is 5.20. The number of hydrogen-bond donors (Lipinski definition) is 0. The molecule has 3 nitrogen and oxygen atoms in total. The highest BCUT2D eigenvalue weighted by Gasteiger charge is 2.29. The predicted molar refractivity (Wildman–Crippen MR) is 79.9 cm³/mol. The molecule has 19 heavy (non-hydrogen) atoms. The van der Waals surface area contributed by atoms with Gasteiger partial charge in [0.15, 0.2) is 0 Å². The minimum Gasteiger partial charge on any atom is -0.371 e. The molecule has 1 heterocycles. The van der Waals surface area contributed by atoms with E-state index in [1.807, 2.05) is 43.9 Å². The molecule has 1 amide bonds. The topological polar surface area (TPSA) is 29.5 Å². The zero-order valence-electron chi connectivity index (χ0n) is 11.6. The van der Waals surface area contributed by atoms with Gasteiger partial charge in [0, 0.05) is 24.0 Å². The number of carbonyl (C=O) groups is 1. The van der Waals surface area contributed by atoms with Crippen molar-refractivity contribution in [3.63, 3.8) is 0 Å². The SMILES string of the molecule is Cc1cccc(C)c1C(=O)N1CC(C)OC(CBr)C1. The molecule has 4 heteroatoms. The lowest BCUT2D eigenvalue weighted by atomic mass is 10.0. The maximum Gasteiger partial charge on any atom is 0.254 e. The van der Waals surface area contributed by atoms with E-state index < -0.39 is 0 Å². The highest BCUT2D eigenvalue weighted by molar-refractivity contribution is 9.09. The molecular formula is C15H20BrNO2. The molecule has 2 atom stereocenters. The molecule has 0 radical (unpaired) electrons. The summed E-state index contributed by atoms with van der Waals surface area (Å²) in [6.45, 7) is 7.32. The molecule has 1 fully saturated rings. The summed E-state index contributed by atoms with van der Waals surface area (Å²) >= 11 is 3.44. The zero-order valence-corrected chi connectivity index (χ0v) is 13.2. The Morgan fingerprint density at radius 2 is 2.00 bits per heavy atom. The number of benzene rings is 1. The molecule has 2 rings (SSSR count). The number of hydrogen-bond acceptors (Lipinski definition) is 2. The fourth-order valence-electron chi connectivity index (χ4n) is 2.61. The number of morpholine rings is 1. The van der Waals surface area contributed by atoms with E-state index in [2.05, 4.69) is 15.9 Å². The molecule has 104 valence electrons. The number of amides is 1. The van der Waals surface area contributed by atoms with Crippen LogP contribution in [-0.2, 0) is 4.74 Å². The third-order valence-electron chi connectivity index (χ3n) is 3.48. The Morgan fingerprint density at radius 1 is 1.37 bits per heavy atom. The first-order valence-electron chi connectivity index (χ1n) is 6.59. The standard InChI is InChI=1S/C15H20BrNO2/c1-10-5-4-6-11(2)14(10)15(18)17-8-12(3)19-13(7-16)9-17/h4-6,12-13H,7-9H2,1-3H3. The average molecular weight is 326 g/mol. The van der Waals surface area contributed by atoms with Gasteiger partial charge in [0.1, 0.15) is 0 Å². The van der Waals surface area contributed by atoms with Gasteiger partial charge in [-0.15, -0.1) is 0 Å². The maximum atomic E-state index is 12.7. The van der Waals surface area contributed by atoms with Crippen LogP contribution in [0, 0.1) is 13.8 Å². The van der Waals surface area contributed by atoms with Crippen molar-refractivity contribution in [1.29, 1.82) is 0 Å². The Kier molecular flexibility index (Phi) is 4.63. The van der Waals surface area contributed by atoms with Crippen molar-refractivity contribution in [3.8, 4) is 0 Å². The molecule has 0 aliphatic carbocycles. The van der Waals surface area contributed by atoms with Crippen molar-refractivity contribution in [2.75, 3.05) is 18.4 Å². The van der Waals surface area contributed by atoms with Crippen LogP contribution in [0.25, 0.3) is 0 Å². The van der Waals surface area contributed by atoms with Crippen molar-refractivity contribution in [2.45, 2.75) is 33.0 Å². The number of nitrogens with zero attached hydrogens (tertiary/aromatic N) is 1. The summed E-state index contributed by atoms with van der Waals surface area (Å²) in [4.78, 5) is 14.6. The van der Waals surface area contributed by atoms with Crippen molar-refractivity contribution >= 4 is 21.8 Å². The number of aryl methyl sites for hydroxylation is 2. The van der Waals surface area contributed by atoms with Crippen LogP contribution < -0.4 is 0 Å². The summed E-state index contributed by atoms with van der Waals surface area (Å²) in [5, 5.41) is 0.758. The molecule has 1 aromatic carbocycles. The fourth-order valence-corrected chi connectivity index (χ4v) is 2.96. The van der Waals surface area contributed by atoms with Crippen molar-refractivity contribution in [3.05, 3.63) is 34.9 Å². The second-order valence-corrected chi connectivity index (χ2v) is 5.85. The Morgan fingerprint density at radius 3 is 2.58 bits per heavy atom. The van der Waals surface area contributed by atoms with Crippen LogP contribution in [0.15, 0.2) is 18.2 Å². The minimum absolute atomic E-state index is 0.0806. The minimum atomic E-state index is 0.0806. The Hall–Kier alpha value is -0.870. The van der Waals surface area contributed by atoms with Crippen LogP contribution in [0.2, 0.25) is 0 Å². The molecule has 1 aliphatic heterocycles. The van der Waals surface area contributed by atoms with E-state index >= 15 is 0 Å². The van der Waals surface area contributed by atoms with Gasteiger partial charge in [0.2, 0.25) is 0 Å². The number of rotatable bonds is 2. The van der Waals surface area contributed by atoms with Crippen LogP contribution in [0.1, 0.15) is 28.4 Å². The van der Waals surface area contributed by atoms with Crippen LogP contribution in [0.5, 0.6) is 0 Å². The molecule has 1 saturated heterocycles. The largest absolute Gasteiger partial charge is 0.371 e. The number of alkyl halides is 1. The maximum absolute atomic E-state index is 12.7. The quantitative estimate of drug-likeness (QED) is 0.782. The van der Waals surface area contributed by atoms with E-state index in [4.69, 9.17) is 4.74 Å². The summed E-state index contributed by atoms with van der Waals surface area (Å²) in [6.07, 6.45) is 0.168. The van der Waals surface area contributed by atoms with Crippen molar-refractivity contribution < 1.29 is 9.53 Å². The van der Waals surface area contributed by atoms with Gasteiger partial charge in [0.25, 0.3) is 5.91 Å². The van der Waals surface area contributed by atoms with Crippen LogP contribution >= 0.6 is 15.9 Å². The molecule has 0 N–H and O–H groups in total. The highest BCUT2D eigenvalue weighted by Crippen LogP contribution is 2.20. The van der Waals surface area contributed by atoms with Crippen LogP contribution in [0.3, 0.4) is 0 Å². The molecule has 0 bridgehead atoms. The lowest BCUT2D eigenvalue weighted by Gasteiger charge is -2.36. The van der Waals surface area contributed by atoms with Gasteiger partial charge >= 0.3 is 0 Å². The van der Waals surface area contributed by atoms with E-state index in [-0.39, 0.29) is 18.1 Å². The number of carbonyl (C=O) groups excluding carboxylic acids is 1. The van der Waals surface area contributed by atoms with E-state index in [0.29, 0.717) is 13.1 Å². The second kappa shape index (κ2) is 6.06. The predicted octanol–water partition coefficient (Wildman–Crippen LogP) is 2.93. The molecule has 1 aromatic rings. The highest BCUT2D eigenvalue weighted by atomic mass is 79.9.